The van der Waals surface area contributed by atoms with Crippen molar-refractivity contribution in [3.8, 4) is 0 Å². The first-order valence-electron chi connectivity index (χ1n) is 4.82. The first-order chi connectivity index (χ1) is 6.92. The van der Waals surface area contributed by atoms with Gasteiger partial charge in [-0.25, -0.2) is 0 Å². The Hall–Kier alpha value is -1.17. The number of aromatic nitrogens is 2. The molecule has 0 fully saturated rings. The Balaban J connectivity index is 2.66. The van der Waals surface area contributed by atoms with Crippen LogP contribution in [0.2, 0.25) is 0 Å². The van der Waals surface area contributed by atoms with Gasteiger partial charge in [0, 0.05) is 12.1 Å². The molecule has 1 aromatic heterocycles. The third-order valence-corrected chi connectivity index (χ3v) is 2.32. The zero-order chi connectivity index (χ0) is 11.5. The maximum atomic E-state index is 11.6. The van der Waals surface area contributed by atoms with Gasteiger partial charge in [0.2, 0.25) is 10.1 Å². The normalized spacial score (nSPS) is 11.2. The van der Waals surface area contributed by atoms with Crippen LogP contribution in [-0.2, 0) is 0 Å². The van der Waals surface area contributed by atoms with Gasteiger partial charge >= 0.3 is 0 Å². The minimum atomic E-state index is -0.249. The van der Waals surface area contributed by atoms with E-state index in [1.165, 1.54) is 11.3 Å². The molecule has 0 atom stereocenters. The monoisotopic (exact) mass is 228 g/mol. The maximum Gasteiger partial charge on any atom is 0.282 e. The van der Waals surface area contributed by atoms with E-state index in [1.807, 2.05) is 27.7 Å². The Morgan fingerprint density at radius 3 is 2.60 bits per heavy atom. The summed E-state index contributed by atoms with van der Waals surface area (Å²) in [5.74, 6) is -0.177. The number of nitrogens with one attached hydrogen (secondary N) is 2. The van der Waals surface area contributed by atoms with Crippen molar-refractivity contribution in [1.82, 2.24) is 15.5 Å². The summed E-state index contributed by atoms with van der Waals surface area (Å²) < 4.78 is 0. The Labute approximate surface area is 93.3 Å². The topological polar surface area (TPSA) is 66.9 Å². The summed E-state index contributed by atoms with van der Waals surface area (Å²) in [5, 5.41) is 14.6. The van der Waals surface area contributed by atoms with Gasteiger partial charge < -0.3 is 10.6 Å². The molecule has 0 aliphatic rings. The van der Waals surface area contributed by atoms with E-state index < -0.39 is 0 Å². The molecule has 15 heavy (non-hydrogen) atoms. The first-order valence-corrected chi connectivity index (χ1v) is 5.64. The van der Waals surface area contributed by atoms with Gasteiger partial charge in [-0.1, -0.05) is 11.3 Å². The molecular weight excluding hydrogens is 212 g/mol. The lowest BCUT2D eigenvalue weighted by Crippen LogP contribution is -2.40. The van der Waals surface area contributed by atoms with Gasteiger partial charge in [0.15, 0.2) is 0 Å². The van der Waals surface area contributed by atoms with Crippen molar-refractivity contribution in [1.29, 1.82) is 0 Å². The maximum absolute atomic E-state index is 11.6. The Morgan fingerprint density at radius 1 is 1.40 bits per heavy atom. The van der Waals surface area contributed by atoms with Crippen LogP contribution in [0.15, 0.2) is 0 Å². The smallest absolute Gasteiger partial charge is 0.282 e. The summed E-state index contributed by atoms with van der Waals surface area (Å²) in [7, 11) is 0. The Morgan fingerprint density at radius 2 is 2.07 bits per heavy atom. The van der Waals surface area contributed by atoms with E-state index in [2.05, 4.69) is 20.8 Å². The van der Waals surface area contributed by atoms with Crippen molar-refractivity contribution in [3.63, 3.8) is 0 Å². The van der Waals surface area contributed by atoms with Crippen LogP contribution in [0.5, 0.6) is 0 Å². The predicted octanol–water partition coefficient (Wildman–Crippen LogP) is 1.50. The lowest BCUT2D eigenvalue weighted by molar-refractivity contribution is 0.0918. The molecule has 0 saturated heterocycles. The highest BCUT2D eigenvalue weighted by molar-refractivity contribution is 7.17. The SMILES string of the molecule is CCNc1nnc(C(=O)NC(C)(C)C)s1. The third kappa shape index (κ3) is 3.83. The van der Waals surface area contributed by atoms with Crippen molar-refractivity contribution in [2.24, 2.45) is 0 Å². The third-order valence-electron chi connectivity index (χ3n) is 1.44. The van der Waals surface area contributed by atoms with Gasteiger partial charge in [0.25, 0.3) is 5.91 Å². The fourth-order valence-corrected chi connectivity index (χ4v) is 1.64. The number of carbonyl (C=O) groups is 1. The number of hydrogen-bond acceptors (Lipinski definition) is 5. The molecule has 0 aliphatic carbocycles. The number of anilines is 1. The van der Waals surface area contributed by atoms with E-state index in [9.17, 15) is 4.79 Å². The number of hydrogen-bond donors (Lipinski definition) is 2. The number of nitrogens with zero attached hydrogens (tertiary/aromatic N) is 2. The van der Waals surface area contributed by atoms with Crippen LogP contribution in [0.3, 0.4) is 0 Å². The summed E-state index contributed by atoms with van der Waals surface area (Å²) >= 11 is 1.26. The minimum Gasteiger partial charge on any atom is -0.360 e. The van der Waals surface area contributed by atoms with Crippen molar-refractivity contribution < 1.29 is 4.79 Å². The molecule has 0 aliphatic heterocycles. The Kier molecular flexibility index (Phi) is 3.62. The molecule has 84 valence electrons. The number of amides is 1. The summed E-state index contributed by atoms with van der Waals surface area (Å²) in [5.41, 5.74) is -0.249. The zero-order valence-corrected chi connectivity index (χ0v) is 10.2. The highest BCUT2D eigenvalue weighted by Gasteiger charge is 2.18. The van der Waals surface area contributed by atoms with Crippen LogP contribution >= 0.6 is 11.3 Å². The van der Waals surface area contributed by atoms with Gasteiger partial charge in [0.1, 0.15) is 0 Å². The molecule has 0 unspecified atom stereocenters. The zero-order valence-electron chi connectivity index (χ0n) is 9.42. The van der Waals surface area contributed by atoms with E-state index in [0.717, 1.165) is 6.54 Å². The fraction of sp³-hybridized carbons (Fsp3) is 0.667. The molecule has 6 heteroatoms. The van der Waals surface area contributed by atoms with Crippen molar-refractivity contribution in [2.45, 2.75) is 33.2 Å². The highest BCUT2D eigenvalue weighted by atomic mass is 32.1. The summed E-state index contributed by atoms with van der Waals surface area (Å²) in [6.45, 7) is 8.53. The molecule has 0 bridgehead atoms. The van der Waals surface area contributed by atoms with E-state index in [1.54, 1.807) is 0 Å². The molecular formula is C9H16N4OS. The second-order valence-electron chi connectivity index (χ2n) is 4.15. The van der Waals surface area contributed by atoms with Gasteiger partial charge in [-0.05, 0) is 27.7 Å². The van der Waals surface area contributed by atoms with Crippen LogP contribution in [-0.4, -0.2) is 28.2 Å². The van der Waals surface area contributed by atoms with E-state index in [0.29, 0.717) is 10.1 Å². The minimum absolute atomic E-state index is 0.177. The standard InChI is InChI=1S/C9H16N4OS/c1-5-10-8-13-12-7(15-8)6(14)11-9(2,3)4/h5H2,1-4H3,(H,10,13)(H,11,14). The molecule has 1 heterocycles. The van der Waals surface area contributed by atoms with E-state index >= 15 is 0 Å². The molecule has 2 N–H and O–H groups in total. The summed E-state index contributed by atoms with van der Waals surface area (Å²) in [6.07, 6.45) is 0. The van der Waals surface area contributed by atoms with Crippen molar-refractivity contribution >= 4 is 22.4 Å². The molecule has 0 radical (unpaired) electrons. The second kappa shape index (κ2) is 4.57. The summed E-state index contributed by atoms with van der Waals surface area (Å²) in [4.78, 5) is 11.6. The van der Waals surface area contributed by atoms with Gasteiger partial charge in [-0.2, -0.15) is 0 Å². The average molecular weight is 228 g/mol. The molecule has 1 aromatic rings. The first kappa shape index (κ1) is 11.9. The van der Waals surface area contributed by atoms with E-state index in [4.69, 9.17) is 0 Å². The highest BCUT2D eigenvalue weighted by Crippen LogP contribution is 2.15. The molecule has 0 saturated carbocycles. The van der Waals surface area contributed by atoms with Crippen molar-refractivity contribution in [3.05, 3.63) is 5.01 Å². The Bertz CT molecular complexity index is 342. The van der Waals surface area contributed by atoms with Crippen LogP contribution in [0, 0.1) is 0 Å². The van der Waals surface area contributed by atoms with Gasteiger partial charge in [0.05, 0.1) is 0 Å². The second-order valence-corrected chi connectivity index (χ2v) is 5.12. The van der Waals surface area contributed by atoms with E-state index in [-0.39, 0.29) is 11.4 Å². The summed E-state index contributed by atoms with van der Waals surface area (Å²) in [6, 6.07) is 0. The number of carbonyl (C=O) groups excluding carboxylic acids is 1. The predicted molar refractivity (Wildman–Crippen MR) is 61.3 cm³/mol. The lowest BCUT2D eigenvalue weighted by Gasteiger charge is -2.19. The molecule has 0 spiro atoms. The lowest BCUT2D eigenvalue weighted by atomic mass is 10.1. The van der Waals surface area contributed by atoms with Crippen LogP contribution in [0.25, 0.3) is 0 Å². The molecule has 1 rings (SSSR count). The molecule has 1 amide bonds. The van der Waals surface area contributed by atoms with Gasteiger partial charge in [-0.3, -0.25) is 4.79 Å². The fourth-order valence-electron chi connectivity index (χ4n) is 0.932. The molecule has 5 nitrogen and oxygen atoms in total. The van der Waals surface area contributed by atoms with Crippen LogP contribution in [0.4, 0.5) is 5.13 Å². The number of rotatable bonds is 3. The van der Waals surface area contributed by atoms with Crippen LogP contribution < -0.4 is 10.6 Å². The van der Waals surface area contributed by atoms with Gasteiger partial charge in [-0.15, -0.1) is 10.2 Å². The van der Waals surface area contributed by atoms with Crippen molar-refractivity contribution in [2.75, 3.05) is 11.9 Å². The van der Waals surface area contributed by atoms with Crippen LogP contribution in [0.1, 0.15) is 37.5 Å². The molecule has 0 aromatic carbocycles. The largest absolute Gasteiger partial charge is 0.360 e. The quantitative estimate of drug-likeness (QED) is 0.822. The average Bonchev–Trinajstić information content (AvgIpc) is 2.50.